The fourth-order valence-electron chi connectivity index (χ4n) is 1.93. The number of hydrogen-bond acceptors (Lipinski definition) is 3. The third kappa shape index (κ3) is 2.71. The molecule has 2 N–H and O–H groups in total. The van der Waals surface area contributed by atoms with Gasteiger partial charge in [0.05, 0.1) is 10.6 Å². The van der Waals surface area contributed by atoms with E-state index in [2.05, 4.69) is 4.98 Å². The maximum atomic E-state index is 14.5. The second-order valence-electron chi connectivity index (χ2n) is 4.41. The van der Waals surface area contributed by atoms with Crippen LogP contribution in [0.25, 0.3) is 0 Å². The van der Waals surface area contributed by atoms with Crippen LogP contribution < -0.4 is 5.73 Å². The molecule has 0 saturated heterocycles. The van der Waals surface area contributed by atoms with E-state index in [1.165, 1.54) is 36.7 Å². The van der Waals surface area contributed by atoms with E-state index < -0.39 is 17.6 Å². The summed E-state index contributed by atoms with van der Waals surface area (Å²) in [5.74, 6) is -1.12. The van der Waals surface area contributed by atoms with E-state index in [9.17, 15) is 9.18 Å². The summed E-state index contributed by atoms with van der Waals surface area (Å²) >= 11 is 5.98. The van der Waals surface area contributed by atoms with Crippen LogP contribution in [0.3, 0.4) is 0 Å². The lowest BCUT2D eigenvalue weighted by atomic mass is 9.97. The Hall–Kier alpha value is -1.78. The lowest BCUT2D eigenvalue weighted by Gasteiger charge is -2.14. The zero-order valence-corrected chi connectivity index (χ0v) is 11.7. The van der Waals surface area contributed by atoms with Gasteiger partial charge >= 0.3 is 0 Å². The highest BCUT2D eigenvalue weighted by atomic mass is 35.5. The maximum absolute atomic E-state index is 14.5. The number of hydrogen-bond donors (Lipinski definition) is 1. The topological polar surface area (TPSA) is 56.0 Å². The molecule has 0 fully saturated rings. The second-order valence-corrected chi connectivity index (χ2v) is 4.81. The van der Waals surface area contributed by atoms with Crippen LogP contribution in [0.4, 0.5) is 4.39 Å². The Bertz CT molecular complexity index is 631. The van der Waals surface area contributed by atoms with E-state index in [0.29, 0.717) is 17.5 Å². The van der Waals surface area contributed by atoms with Gasteiger partial charge in [-0.2, -0.15) is 0 Å². The van der Waals surface area contributed by atoms with Crippen molar-refractivity contribution in [1.29, 1.82) is 0 Å². The number of pyridine rings is 1. The van der Waals surface area contributed by atoms with Crippen molar-refractivity contribution in [3.05, 3.63) is 64.2 Å². The minimum atomic E-state index is -0.645. The molecule has 1 heterocycles. The summed E-state index contributed by atoms with van der Waals surface area (Å²) in [6.45, 7) is 1.85. The molecule has 1 aromatic carbocycles. The molecule has 3 nitrogen and oxygen atoms in total. The average Bonchev–Trinajstić information content (AvgIpc) is 2.47. The molecule has 1 aromatic heterocycles. The quantitative estimate of drug-likeness (QED) is 0.877. The Morgan fingerprint density at radius 2 is 2.00 bits per heavy atom. The van der Waals surface area contributed by atoms with Gasteiger partial charge in [-0.3, -0.25) is 9.78 Å². The van der Waals surface area contributed by atoms with Crippen molar-refractivity contribution in [3.63, 3.8) is 0 Å². The number of nitrogens with zero attached hydrogens (tertiary/aromatic N) is 1. The molecule has 0 unspecified atom stereocenters. The van der Waals surface area contributed by atoms with Crippen LogP contribution in [0.5, 0.6) is 0 Å². The summed E-state index contributed by atoms with van der Waals surface area (Å²) in [6, 6.07) is 5.60. The molecule has 0 saturated carbocycles. The van der Waals surface area contributed by atoms with Gasteiger partial charge in [0.25, 0.3) is 0 Å². The van der Waals surface area contributed by atoms with E-state index in [-0.39, 0.29) is 10.6 Å². The third-order valence-electron chi connectivity index (χ3n) is 3.13. The first-order valence-electron chi connectivity index (χ1n) is 6.24. The van der Waals surface area contributed by atoms with Gasteiger partial charge in [0.1, 0.15) is 5.82 Å². The molecule has 2 aromatic rings. The number of ketones is 1. The summed E-state index contributed by atoms with van der Waals surface area (Å²) < 4.78 is 14.5. The van der Waals surface area contributed by atoms with E-state index in [1.54, 1.807) is 0 Å². The van der Waals surface area contributed by atoms with Gasteiger partial charge in [-0.15, -0.1) is 0 Å². The van der Waals surface area contributed by atoms with Crippen molar-refractivity contribution in [2.45, 2.75) is 19.4 Å². The highest BCUT2D eigenvalue weighted by Crippen LogP contribution is 2.28. The highest BCUT2D eigenvalue weighted by Gasteiger charge is 2.22. The summed E-state index contributed by atoms with van der Waals surface area (Å²) in [7, 11) is 0. The van der Waals surface area contributed by atoms with Crippen molar-refractivity contribution in [1.82, 2.24) is 4.98 Å². The molecule has 0 aliphatic heterocycles. The van der Waals surface area contributed by atoms with Crippen molar-refractivity contribution in [3.8, 4) is 0 Å². The number of nitrogens with two attached hydrogens (primary N) is 1. The van der Waals surface area contributed by atoms with Crippen LogP contribution in [0, 0.1) is 5.82 Å². The smallest absolute Gasteiger partial charge is 0.197 e. The van der Waals surface area contributed by atoms with Crippen molar-refractivity contribution < 1.29 is 9.18 Å². The molecule has 20 heavy (non-hydrogen) atoms. The van der Waals surface area contributed by atoms with Gasteiger partial charge in [-0.1, -0.05) is 24.6 Å². The Kier molecular flexibility index (Phi) is 4.47. The molecular formula is C15H14ClFN2O. The van der Waals surface area contributed by atoms with Crippen LogP contribution in [0.2, 0.25) is 5.02 Å². The Balaban J connectivity index is 2.54. The fraction of sp³-hybridized carbons (Fsp3) is 0.200. The van der Waals surface area contributed by atoms with Gasteiger partial charge in [-0.25, -0.2) is 4.39 Å². The van der Waals surface area contributed by atoms with Gasteiger partial charge in [0.15, 0.2) is 5.78 Å². The highest BCUT2D eigenvalue weighted by molar-refractivity contribution is 6.35. The SMILES string of the molecule is CC[C@@H](N)c1ccc(Cl)c(C(=O)c2ccncc2)c1F. The lowest BCUT2D eigenvalue weighted by molar-refractivity contribution is 0.103. The molecule has 5 heteroatoms. The first kappa shape index (κ1) is 14.6. The molecule has 0 amide bonds. The number of carbonyl (C=O) groups excluding carboxylic acids is 1. The standard InChI is InChI=1S/C15H14ClFN2O/c1-2-12(18)10-3-4-11(16)13(14(10)17)15(20)9-5-7-19-8-6-9/h3-8,12H,2,18H2,1H3/t12-/m1/s1. The zero-order chi connectivity index (χ0) is 14.7. The lowest BCUT2D eigenvalue weighted by Crippen LogP contribution is -2.14. The first-order chi connectivity index (χ1) is 9.56. The molecule has 0 spiro atoms. The number of aromatic nitrogens is 1. The van der Waals surface area contributed by atoms with Gasteiger partial charge in [0.2, 0.25) is 0 Å². The van der Waals surface area contributed by atoms with Crippen LogP contribution in [0.1, 0.15) is 40.9 Å². The van der Waals surface area contributed by atoms with Crippen LogP contribution in [-0.2, 0) is 0 Å². The zero-order valence-electron chi connectivity index (χ0n) is 10.9. The van der Waals surface area contributed by atoms with Crippen LogP contribution >= 0.6 is 11.6 Å². The van der Waals surface area contributed by atoms with E-state index in [1.807, 2.05) is 6.92 Å². The molecule has 0 bridgehead atoms. The van der Waals surface area contributed by atoms with E-state index >= 15 is 0 Å². The maximum Gasteiger partial charge on any atom is 0.197 e. The summed E-state index contributed by atoms with van der Waals surface area (Å²) in [5.41, 5.74) is 6.35. The minimum absolute atomic E-state index is 0.0800. The summed E-state index contributed by atoms with van der Waals surface area (Å²) in [4.78, 5) is 16.2. The fourth-order valence-corrected chi connectivity index (χ4v) is 2.16. The number of rotatable bonds is 4. The average molecular weight is 293 g/mol. The Morgan fingerprint density at radius 1 is 1.35 bits per heavy atom. The number of halogens is 2. The van der Waals surface area contributed by atoms with E-state index in [0.717, 1.165) is 0 Å². The third-order valence-corrected chi connectivity index (χ3v) is 3.44. The van der Waals surface area contributed by atoms with Gasteiger partial charge in [0, 0.05) is 29.6 Å². The van der Waals surface area contributed by atoms with Crippen molar-refractivity contribution in [2.24, 2.45) is 5.73 Å². The normalized spacial score (nSPS) is 12.2. The van der Waals surface area contributed by atoms with Gasteiger partial charge in [-0.05, 0) is 24.6 Å². The molecule has 0 aliphatic carbocycles. The summed E-state index contributed by atoms with van der Waals surface area (Å²) in [5, 5.41) is 0.0800. The molecule has 0 aliphatic rings. The molecular weight excluding hydrogens is 279 g/mol. The monoisotopic (exact) mass is 292 g/mol. The first-order valence-corrected chi connectivity index (χ1v) is 6.62. The van der Waals surface area contributed by atoms with Crippen LogP contribution in [0.15, 0.2) is 36.7 Å². The second kappa shape index (κ2) is 6.11. The Morgan fingerprint density at radius 3 is 2.60 bits per heavy atom. The molecule has 104 valence electrons. The summed E-state index contributed by atoms with van der Waals surface area (Å²) in [6.07, 6.45) is 3.52. The minimum Gasteiger partial charge on any atom is -0.324 e. The predicted octanol–water partition coefficient (Wildman–Crippen LogP) is 3.51. The van der Waals surface area contributed by atoms with E-state index in [4.69, 9.17) is 17.3 Å². The van der Waals surface area contributed by atoms with Crippen molar-refractivity contribution >= 4 is 17.4 Å². The van der Waals surface area contributed by atoms with Crippen molar-refractivity contribution in [2.75, 3.05) is 0 Å². The predicted molar refractivity (Wildman–Crippen MR) is 76.3 cm³/mol. The molecule has 1 atom stereocenters. The van der Waals surface area contributed by atoms with Crippen LogP contribution in [-0.4, -0.2) is 10.8 Å². The van der Waals surface area contributed by atoms with Gasteiger partial charge < -0.3 is 5.73 Å². The Labute approximate surface area is 121 Å². The number of carbonyl (C=O) groups is 1. The largest absolute Gasteiger partial charge is 0.324 e. The number of benzene rings is 1. The molecule has 2 rings (SSSR count). The molecule has 0 radical (unpaired) electrons.